The highest BCUT2D eigenvalue weighted by atomic mass is 79.9. The van der Waals surface area contributed by atoms with Gasteiger partial charge in [-0.25, -0.2) is 8.78 Å². The Morgan fingerprint density at radius 1 is 1.00 bits per heavy atom. The Kier molecular flexibility index (Phi) is 4.45. The molecule has 0 aliphatic heterocycles. The number of rotatable bonds is 0. The van der Waals surface area contributed by atoms with Gasteiger partial charge in [-0.2, -0.15) is 10.2 Å². The predicted octanol–water partition coefficient (Wildman–Crippen LogP) is 4.94. The van der Waals surface area contributed by atoms with Crippen molar-refractivity contribution in [2.75, 3.05) is 0 Å². The van der Waals surface area contributed by atoms with Gasteiger partial charge in [-0.05, 0) is 56.1 Å². The fourth-order valence-electron chi connectivity index (χ4n) is 2.11. The van der Waals surface area contributed by atoms with Gasteiger partial charge in [0.2, 0.25) is 0 Å². The zero-order chi connectivity index (χ0) is 16.6. The average molecular weight is 444 g/mol. The van der Waals surface area contributed by atoms with E-state index in [0.717, 1.165) is 0 Å². The van der Waals surface area contributed by atoms with E-state index in [4.69, 9.17) is 0 Å². The van der Waals surface area contributed by atoms with Gasteiger partial charge in [-0.1, -0.05) is 0 Å². The van der Waals surface area contributed by atoms with Crippen LogP contribution in [-0.4, -0.2) is 20.0 Å². The van der Waals surface area contributed by atoms with E-state index in [9.17, 15) is 8.78 Å². The fraction of sp³-hybridized carbons (Fsp3) is 0.0667. The van der Waals surface area contributed by atoms with E-state index in [1.165, 1.54) is 6.20 Å². The maximum atomic E-state index is 13.3. The Morgan fingerprint density at radius 2 is 1.65 bits per heavy atom. The number of nitrogens with zero attached hydrogens (tertiary/aromatic N) is 3. The van der Waals surface area contributed by atoms with Crippen LogP contribution in [-0.2, 0) is 7.05 Å². The number of aromatic nitrogens is 4. The number of hydrogen-bond acceptors (Lipinski definition) is 2. The molecule has 2 aromatic carbocycles. The number of nitrogens with one attached hydrogen (secondary N) is 1. The lowest BCUT2D eigenvalue weighted by atomic mass is 10.2. The molecule has 0 aliphatic rings. The van der Waals surface area contributed by atoms with Crippen LogP contribution in [0.4, 0.5) is 8.78 Å². The smallest absolute Gasteiger partial charge is 0.148 e. The molecule has 0 atom stereocenters. The van der Waals surface area contributed by atoms with E-state index in [-0.39, 0.29) is 11.6 Å². The number of aromatic amines is 1. The first-order valence-electron chi connectivity index (χ1n) is 6.52. The summed E-state index contributed by atoms with van der Waals surface area (Å²) in [5, 5.41) is 11.5. The zero-order valence-electron chi connectivity index (χ0n) is 11.8. The number of fused-ring (bicyclic) bond motifs is 2. The highest BCUT2D eigenvalue weighted by Gasteiger charge is 2.07. The molecule has 0 amide bonds. The number of H-pyrrole nitrogens is 1. The molecule has 2 aromatic heterocycles. The van der Waals surface area contributed by atoms with Crippen LogP contribution < -0.4 is 0 Å². The maximum absolute atomic E-state index is 13.3. The van der Waals surface area contributed by atoms with E-state index >= 15 is 0 Å². The van der Waals surface area contributed by atoms with Crippen molar-refractivity contribution in [3.8, 4) is 0 Å². The zero-order valence-corrected chi connectivity index (χ0v) is 15.0. The second-order valence-electron chi connectivity index (χ2n) is 4.79. The largest absolute Gasteiger partial charge is 0.278 e. The Balaban J connectivity index is 0.000000136. The van der Waals surface area contributed by atoms with Gasteiger partial charge in [0.15, 0.2) is 0 Å². The number of aryl methyl sites for hydroxylation is 1. The van der Waals surface area contributed by atoms with Crippen molar-refractivity contribution in [1.82, 2.24) is 20.0 Å². The molecule has 1 N–H and O–H groups in total. The molecule has 0 aliphatic carbocycles. The molecule has 0 fully saturated rings. The first-order chi connectivity index (χ1) is 11.0. The Labute approximate surface area is 146 Å². The van der Waals surface area contributed by atoms with Gasteiger partial charge in [0.05, 0.1) is 36.9 Å². The molecule has 2 heterocycles. The lowest BCUT2D eigenvalue weighted by Gasteiger charge is -1.93. The second-order valence-corrected chi connectivity index (χ2v) is 6.50. The van der Waals surface area contributed by atoms with E-state index in [2.05, 4.69) is 47.2 Å². The molecule has 8 heteroatoms. The molecule has 0 bridgehead atoms. The maximum Gasteiger partial charge on any atom is 0.148 e. The van der Waals surface area contributed by atoms with Crippen molar-refractivity contribution in [3.05, 3.63) is 57.2 Å². The van der Waals surface area contributed by atoms with Gasteiger partial charge in [0.25, 0.3) is 0 Å². The molecule has 4 aromatic rings. The summed E-state index contributed by atoms with van der Waals surface area (Å²) in [6.07, 6.45) is 3.13. The highest BCUT2D eigenvalue weighted by Crippen LogP contribution is 2.24. The van der Waals surface area contributed by atoms with Gasteiger partial charge in [-0.3, -0.25) is 9.78 Å². The summed E-state index contributed by atoms with van der Waals surface area (Å²) in [4.78, 5) is 0. The van der Waals surface area contributed by atoms with Gasteiger partial charge >= 0.3 is 0 Å². The molecule has 0 unspecified atom stereocenters. The Hall–Kier alpha value is -1.80. The first-order valence-corrected chi connectivity index (χ1v) is 8.10. The van der Waals surface area contributed by atoms with Crippen LogP contribution in [0.3, 0.4) is 0 Å². The van der Waals surface area contributed by atoms with Crippen molar-refractivity contribution in [2.24, 2.45) is 7.05 Å². The summed E-state index contributed by atoms with van der Waals surface area (Å²) in [6, 6.07) is 6.86. The van der Waals surface area contributed by atoms with Crippen molar-refractivity contribution >= 4 is 53.7 Å². The summed E-state index contributed by atoms with van der Waals surface area (Å²) in [7, 11) is 1.77. The first kappa shape index (κ1) is 16.1. The summed E-state index contributed by atoms with van der Waals surface area (Å²) in [6.45, 7) is 0. The molecule has 0 radical (unpaired) electrons. The molecule has 0 spiro atoms. The summed E-state index contributed by atoms with van der Waals surface area (Å²) >= 11 is 6.20. The lowest BCUT2D eigenvalue weighted by molar-refractivity contribution is 0.633. The van der Waals surface area contributed by atoms with Crippen LogP contribution in [0.25, 0.3) is 21.8 Å². The van der Waals surface area contributed by atoms with Crippen LogP contribution in [0.2, 0.25) is 0 Å². The Morgan fingerprint density at radius 3 is 2.39 bits per heavy atom. The predicted molar refractivity (Wildman–Crippen MR) is 92.1 cm³/mol. The normalized spacial score (nSPS) is 10.8. The third-order valence-corrected chi connectivity index (χ3v) is 4.43. The number of benzene rings is 2. The minimum absolute atomic E-state index is 0.249. The minimum atomic E-state index is -0.267. The quantitative estimate of drug-likeness (QED) is 0.418. The number of halogens is 4. The van der Waals surface area contributed by atoms with E-state index in [1.54, 1.807) is 42.2 Å². The topological polar surface area (TPSA) is 46.5 Å². The van der Waals surface area contributed by atoms with Crippen LogP contribution in [0.1, 0.15) is 0 Å². The van der Waals surface area contributed by atoms with Crippen molar-refractivity contribution in [1.29, 1.82) is 0 Å². The molecule has 0 saturated heterocycles. The molecular weight excluding hydrogens is 434 g/mol. The molecular formula is C15H10Br2F2N4. The van der Waals surface area contributed by atoms with Crippen LogP contribution in [0, 0.1) is 11.6 Å². The van der Waals surface area contributed by atoms with Gasteiger partial charge in [0, 0.05) is 13.2 Å². The SMILES string of the molecule is Cn1cc2c(F)c(Br)ccc2n1.Fc1c(Br)ccc2[nH]ncc12. The van der Waals surface area contributed by atoms with Gasteiger partial charge in [-0.15, -0.1) is 0 Å². The Bertz CT molecular complexity index is 994. The highest BCUT2D eigenvalue weighted by molar-refractivity contribution is 9.10. The second kappa shape index (κ2) is 6.37. The van der Waals surface area contributed by atoms with Crippen molar-refractivity contribution in [2.45, 2.75) is 0 Å². The fourth-order valence-corrected chi connectivity index (χ4v) is 2.80. The average Bonchev–Trinajstić information content (AvgIpc) is 3.14. The van der Waals surface area contributed by atoms with Gasteiger partial charge in [0.1, 0.15) is 11.6 Å². The third kappa shape index (κ3) is 3.13. The van der Waals surface area contributed by atoms with E-state index < -0.39 is 0 Å². The molecule has 23 heavy (non-hydrogen) atoms. The monoisotopic (exact) mass is 442 g/mol. The standard InChI is InChI=1S/C8H6BrFN2.C7H4BrFN2/c1-12-4-5-7(11-12)3-2-6(9)8(5)10;8-5-1-2-6-4(7(5)9)3-10-11-6/h2-4H,1H3;1-3H,(H,10,11). The van der Waals surface area contributed by atoms with Crippen molar-refractivity contribution in [3.63, 3.8) is 0 Å². The minimum Gasteiger partial charge on any atom is -0.278 e. The van der Waals surface area contributed by atoms with Crippen LogP contribution in [0.5, 0.6) is 0 Å². The van der Waals surface area contributed by atoms with Crippen LogP contribution >= 0.6 is 31.9 Å². The van der Waals surface area contributed by atoms with E-state index in [0.29, 0.717) is 30.8 Å². The molecule has 4 rings (SSSR count). The lowest BCUT2D eigenvalue weighted by Crippen LogP contribution is -1.84. The van der Waals surface area contributed by atoms with Gasteiger partial charge < -0.3 is 0 Å². The summed E-state index contributed by atoms with van der Waals surface area (Å²) in [5.74, 6) is -0.517. The molecule has 118 valence electrons. The third-order valence-electron chi connectivity index (χ3n) is 3.20. The molecule has 0 saturated carbocycles. The number of hydrogen-bond donors (Lipinski definition) is 1. The summed E-state index contributed by atoms with van der Waals surface area (Å²) < 4.78 is 29.0. The molecule has 4 nitrogen and oxygen atoms in total. The van der Waals surface area contributed by atoms with Crippen LogP contribution in [0.15, 0.2) is 45.6 Å². The van der Waals surface area contributed by atoms with E-state index in [1.807, 2.05) is 0 Å². The summed E-state index contributed by atoms with van der Waals surface area (Å²) in [5.41, 5.74) is 1.39. The van der Waals surface area contributed by atoms with Crippen molar-refractivity contribution < 1.29 is 8.78 Å².